The van der Waals surface area contributed by atoms with Gasteiger partial charge < -0.3 is 9.45 Å². The molecule has 1 saturated heterocycles. The summed E-state index contributed by atoms with van der Waals surface area (Å²) in [5.74, 6) is 0.944. The SMILES string of the molecule is CC(C)(C)[S+]([O-])N[C@@H]1c2cccnc2CC12CCN(c1ncc(I)c3nccn13)CC2. The molecule has 7 nitrogen and oxygen atoms in total. The second kappa shape index (κ2) is 7.86. The highest BCUT2D eigenvalue weighted by Crippen LogP contribution is 2.52. The predicted molar refractivity (Wildman–Crippen MR) is 131 cm³/mol. The summed E-state index contributed by atoms with van der Waals surface area (Å²) in [5, 5.41) is 0. The molecule has 5 rings (SSSR count). The highest BCUT2D eigenvalue weighted by Gasteiger charge is 2.51. The van der Waals surface area contributed by atoms with Gasteiger partial charge in [-0.05, 0) is 74.3 Å². The largest absolute Gasteiger partial charge is 0.598 e. The number of nitrogens with one attached hydrogen (secondary N) is 1. The van der Waals surface area contributed by atoms with Gasteiger partial charge in [0.2, 0.25) is 5.95 Å². The summed E-state index contributed by atoms with van der Waals surface area (Å²) in [6.45, 7) is 7.85. The van der Waals surface area contributed by atoms with Crippen molar-refractivity contribution >= 4 is 45.5 Å². The Hall–Kier alpha value is -1.43. The van der Waals surface area contributed by atoms with Gasteiger partial charge in [0.1, 0.15) is 4.75 Å². The van der Waals surface area contributed by atoms with Gasteiger partial charge in [0.15, 0.2) is 5.65 Å². The standard InChI is InChI=1S/C22H27IN6OS/c1-21(2,3)31(30)27-18-15-5-4-8-24-17(15)13-22(18)6-10-28(11-7-22)20-26-14-16(23)19-25-9-12-29(19)20/h4-5,8-9,12,14,18,27H,6-7,10-11,13H2,1-3H3/t18-,31?/m1/s1. The number of fused-ring (bicyclic) bond motifs is 2. The molecule has 3 aromatic rings. The third-order valence-corrected chi connectivity index (χ3v) is 8.88. The molecule has 3 aromatic heterocycles. The van der Waals surface area contributed by atoms with E-state index in [2.05, 4.69) is 52.6 Å². The number of aromatic nitrogens is 4. The van der Waals surface area contributed by atoms with Gasteiger partial charge in [0, 0.05) is 60.3 Å². The van der Waals surface area contributed by atoms with Crippen LogP contribution in [0.4, 0.5) is 5.95 Å². The van der Waals surface area contributed by atoms with Crippen molar-refractivity contribution in [2.24, 2.45) is 5.41 Å². The van der Waals surface area contributed by atoms with Crippen LogP contribution in [-0.2, 0) is 17.8 Å². The van der Waals surface area contributed by atoms with E-state index in [1.807, 2.05) is 51.6 Å². The number of pyridine rings is 1. The smallest absolute Gasteiger partial charge is 0.211 e. The molecule has 1 aliphatic heterocycles. The molecule has 2 aliphatic rings. The maximum Gasteiger partial charge on any atom is 0.211 e. The average Bonchev–Trinajstić information content (AvgIpc) is 3.33. The van der Waals surface area contributed by atoms with E-state index in [0.717, 1.165) is 53.2 Å². The predicted octanol–water partition coefficient (Wildman–Crippen LogP) is 3.66. The molecule has 164 valence electrons. The molecule has 31 heavy (non-hydrogen) atoms. The van der Waals surface area contributed by atoms with Crippen LogP contribution < -0.4 is 9.62 Å². The second-order valence-electron chi connectivity index (χ2n) is 9.52. The van der Waals surface area contributed by atoms with Gasteiger partial charge in [-0.2, -0.15) is 0 Å². The fraction of sp³-hybridized carbons (Fsp3) is 0.500. The number of rotatable bonds is 3. The molecule has 2 atom stereocenters. The van der Waals surface area contributed by atoms with Crippen LogP contribution >= 0.6 is 22.6 Å². The number of imidazole rings is 1. The molecule has 4 heterocycles. The Morgan fingerprint density at radius 3 is 2.71 bits per heavy atom. The lowest BCUT2D eigenvalue weighted by atomic mass is 9.73. The van der Waals surface area contributed by atoms with Crippen molar-refractivity contribution in [3.8, 4) is 0 Å². The molecule has 9 heteroatoms. The minimum atomic E-state index is -1.14. The van der Waals surface area contributed by atoms with Gasteiger partial charge >= 0.3 is 0 Å². The Bertz CT molecular complexity index is 1100. The van der Waals surface area contributed by atoms with Crippen LogP contribution in [0.15, 0.2) is 36.9 Å². The first-order chi connectivity index (χ1) is 14.8. The number of hydrogen-bond donors (Lipinski definition) is 1. The van der Waals surface area contributed by atoms with E-state index >= 15 is 0 Å². The first kappa shape index (κ1) is 21.4. The Labute approximate surface area is 199 Å². The van der Waals surface area contributed by atoms with Gasteiger partial charge in [-0.3, -0.25) is 9.38 Å². The third-order valence-electron chi connectivity index (χ3n) is 6.55. The number of piperidine rings is 1. The highest BCUT2D eigenvalue weighted by atomic mass is 127. The molecule has 0 saturated carbocycles. The van der Waals surface area contributed by atoms with E-state index in [0.29, 0.717) is 0 Å². The van der Waals surface area contributed by atoms with Crippen LogP contribution in [0.1, 0.15) is 50.9 Å². The zero-order valence-electron chi connectivity index (χ0n) is 18.0. The van der Waals surface area contributed by atoms with E-state index < -0.39 is 11.4 Å². The number of anilines is 1. The average molecular weight is 550 g/mol. The lowest BCUT2D eigenvalue weighted by molar-refractivity contribution is 0.175. The molecule has 1 aliphatic carbocycles. The van der Waals surface area contributed by atoms with E-state index in [1.165, 1.54) is 5.56 Å². The minimum absolute atomic E-state index is 0.0192. The van der Waals surface area contributed by atoms with Gasteiger partial charge in [-0.1, -0.05) is 6.07 Å². The normalized spacial score (nSPS) is 21.6. The topological polar surface area (TPSA) is 81.4 Å². The van der Waals surface area contributed by atoms with Crippen molar-refractivity contribution < 1.29 is 4.55 Å². The number of hydrogen-bond acceptors (Lipinski definition) is 6. The van der Waals surface area contributed by atoms with Gasteiger partial charge in [0.25, 0.3) is 0 Å². The molecule has 0 aromatic carbocycles. The summed E-state index contributed by atoms with van der Waals surface area (Å²) in [7, 11) is 0. The summed E-state index contributed by atoms with van der Waals surface area (Å²) in [4.78, 5) is 16.2. The second-order valence-corrected chi connectivity index (χ2v) is 12.7. The molecular formula is C22H27IN6OS. The van der Waals surface area contributed by atoms with Crippen molar-refractivity contribution in [1.82, 2.24) is 24.1 Å². The monoisotopic (exact) mass is 550 g/mol. The van der Waals surface area contributed by atoms with Crippen molar-refractivity contribution in [3.63, 3.8) is 0 Å². The Balaban J connectivity index is 1.42. The number of halogens is 1. The maximum absolute atomic E-state index is 13.0. The van der Waals surface area contributed by atoms with Crippen LogP contribution in [0.3, 0.4) is 0 Å². The Kier molecular flexibility index (Phi) is 5.43. The van der Waals surface area contributed by atoms with E-state index in [-0.39, 0.29) is 16.2 Å². The summed E-state index contributed by atoms with van der Waals surface area (Å²) < 4.78 is 19.4. The Morgan fingerprint density at radius 2 is 1.97 bits per heavy atom. The van der Waals surface area contributed by atoms with Crippen molar-refractivity contribution in [2.45, 2.75) is 50.8 Å². The summed E-state index contributed by atoms with van der Waals surface area (Å²) in [6, 6.07) is 4.19. The van der Waals surface area contributed by atoms with Crippen LogP contribution in [0, 0.1) is 8.99 Å². The first-order valence-electron chi connectivity index (χ1n) is 10.6. The van der Waals surface area contributed by atoms with Crippen LogP contribution in [0.2, 0.25) is 0 Å². The molecule has 1 N–H and O–H groups in total. The fourth-order valence-electron chi connectivity index (χ4n) is 4.83. The molecule has 0 amide bonds. The highest BCUT2D eigenvalue weighted by molar-refractivity contribution is 14.1. The molecule has 1 spiro atoms. The van der Waals surface area contributed by atoms with E-state index in [1.54, 1.807) is 0 Å². The van der Waals surface area contributed by atoms with Crippen LogP contribution in [0.5, 0.6) is 0 Å². The molecule has 0 bridgehead atoms. The van der Waals surface area contributed by atoms with E-state index in [4.69, 9.17) is 4.98 Å². The number of nitrogens with zero attached hydrogens (tertiary/aromatic N) is 5. The third kappa shape index (κ3) is 3.73. The Morgan fingerprint density at radius 1 is 1.19 bits per heavy atom. The lowest BCUT2D eigenvalue weighted by Gasteiger charge is -2.44. The molecule has 0 radical (unpaired) electrons. The van der Waals surface area contributed by atoms with Crippen molar-refractivity contribution in [3.05, 3.63) is 51.7 Å². The van der Waals surface area contributed by atoms with E-state index in [9.17, 15) is 4.55 Å². The quantitative estimate of drug-likeness (QED) is 0.396. The van der Waals surface area contributed by atoms with Gasteiger partial charge in [-0.25, -0.2) is 9.97 Å². The summed E-state index contributed by atoms with van der Waals surface area (Å²) in [5.41, 5.74) is 3.32. The van der Waals surface area contributed by atoms with Crippen molar-refractivity contribution in [2.75, 3.05) is 18.0 Å². The maximum atomic E-state index is 13.0. The zero-order chi connectivity index (χ0) is 21.8. The summed E-state index contributed by atoms with van der Waals surface area (Å²) >= 11 is 1.14. The minimum Gasteiger partial charge on any atom is -0.598 e. The van der Waals surface area contributed by atoms with Gasteiger partial charge in [-0.15, -0.1) is 4.72 Å². The molecule has 1 fully saturated rings. The van der Waals surface area contributed by atoms with Crippen LogP contribution in [0.25, 0.3) is 5.65 Å². The summed E-state index contributed by atoms with van der Waals surface area (Å²) in [6.07, 6.45) is 10.5. The molecule has 1 unspecified atom stereocenters. The van der Waals surface area contributed by atoms with Gasteiger partial charge in [0.05, 0.1) is 9.61 Å². The lowest BCUT2D eigenvalue weighted by Crippen LogP contribution is -2.50. The van der Waals surface area contributed by atoms with Crippen molar-refractivity contribution in [1.29, 1.82) is 0 Å². The van der Waals surface area contributed by atoms with Crippen LogP contribution in [-0.4, -0.2) is 41.7 Å². The molecular weight excluding hydrogens is 523 g/mol. The zero-order valence-corrected chi connectivity index (χ0v) is 21.0. The first-order valence-corrected chi connectivity index (χ1v) is 12.9. The fourth-order valence-corrected chi connectivity index (χ4v) is 6.31.